The Morgan fingerprint density at radius 2 is 1.75 bits per heavy atom. The molecular weight excluding hydrogens is 400 g/mol. The van der Waals surface area contributed by atoms with E-state index in [0.717, 1.165) is 38.0 Å². The van der Waals surface area contributed by atoms with Crippen molar-refractivity contribution in [3.63, 3.8) is 0 Å². The van der Waals surface area contributed by atoms with Crippen LogP contribution in [-0.2, 0) is 6.54 Å². The van der Waals surface area contributed by atoms with Gasteiger partial charge in [0.25, 0.3) is 11.6 Å². The number of nitrogens with one attached hydrogen (secondary N) is 1. The molecule has 1 N–H and O–H groups in total. The van der Waals surface area contributed by atoms with Gasteiger partial charge in [-0.1, -0.05) is 65.8 Å². The van der Waals surface area contributed by atoms with Gasteiger partial charge in [0.1, 0.15) is 0 Å². The third kappa shape index (κ3) is 4.27. The standard InChI is InChI=1S/C26H26N4O2/c1-18-24-22(16-23(28-26(24)32-29-18)20-10-6-3-7-11-20)25(31)27-21-12-14-30(15-13-21)17-19-8-4-2-5-9-19/h2-11,16,21H,12-15,17H2,1H3,(H,27,31). The average molecular weight is 427 g/mol. The first-order valence-corrected chi connectivity index (χ1v) is 11.1. The van der Waals surface area contributed by atoms with Crippen LogP contribution in [0.2, 0.25) is 0 Å². The highest BCUT2D eigenvalue weighted by Gasteiger charge is 2.24. The van der Waals surface area contributed by atoms with E-state index in [0.29, 0.717) is 28.1 Å². The molecule has 6 heteroatoms. The van der Waals surface area contributed by atoms with Crippen LogP contribution >= 0.6 is 0 Å². The molecule has 4 aromatic rings. The molecule has 2 aromatic heterocycles. The van der Waals surface area contributed by atoms with E-state index in [1.807, 2.05) is 49.4 Å². The van der Waals surface area contributed by atoms with Gasteiger partial charge in [-0.05, 0) is 31.4 Å². The zero-order valence-electron chi connectivity index (χ0n) is 18.1. The quantitative estimate of drug-likeness (QED) is 0.505. The Hall–Kier alpha value is -3.51. The number of nitrogens with zero attached hydrogens (tertiary/aromatic N) is 3. The molecule has 0 spiro atoms. The highest BCUT2D eigenvalue weighted by Crippen LogP contribution is 2.27. The molecule has 162 valence electrons. The number of hydrogen-bond donors (Lipinski definition) is 1. The summed E-state index contributed by atoms with van der Waals surface area (Å²) >= 11 is 0. The third-order valence-corrected chi connectivity index (χ3v) is 6.10. The molecule has 1 saturated heterocycles. The van der Waals surface area contributed by atoms with Gasteiger partial charge in [-0.25, -0.2) is 4.98 Å². The van der Waals surface area contributed by atoms with Crippen LogP contribution in [0.5, 0.6) is 0 Å². The van der Waals surface area contributed by atoms with Crippen LogP contribution in [0, 0.1) is 6.92 Å². The van der Waals surface area contributed by atoms with Crippen LogP contribution in [0.4, 0.5) is 0 Å². The van der Waals surface area contributed by atoms with Crippen LogP contribution in [0.3, 0.4) is 0 Å². The minimum Gasteiger partial charge on any atom is -0.349 e. The summed E-state index contributed by atoms with van der Waals surface area (Å²) in [5.74, 6) is -0.0950. The monoisotopic (exact) mass is 426 g/mol. The van der Waals surface area contributed by atoms with Crippen molar-refractivity contribution in [3.05, 3.63) is 83.6 Å². The van der Waals surface area contributed by atoms with E-state index >= 15 is 0 Å². The Kier molecular flexibility index (Phi) is 5.69. The van der Waals surface area contributed by atoms with Crippen LogP contribution in [0.25, 0.3) is 22.4 Å². The van der Waals surface area contributed by atoms with Crippen molar-refractivity contribution in [2.24, 2.45) is 0 Å². The molecule has 1 aliphatic heterocycles. The summed E-state index contributed by atoms with van der Waals surface area (Å²) in [7, 11) is 0. The lowest BCUT2D eigenvalue weighted by Crippen LogP contribution is -2.44. The first-order chi connectivity index (χ1) is 15.7. The molecule has 1 aliphatic rings. The van der Waals surface area contributed by atoms with Gasteiger partial charge in [-0.2, -0.15) is 0 Å². The summed E-state index contributed by atoms with van der Waals surface area (Å²) in [6.45, 7) is 4.72. The topological polar surface area (TPSA) is 71.3 Å². The van der Waals surface area contributed by atoms with Crippen molar-refractivity contribution >= 4 is 17.0 Å². The zero-order valence-corrected chi connectivity index (χ0v) is 18.1. The second-order valence-corrected chi connectivity index (χ2v) is 8.38. The minimum atomic E-state index is -0.0950. The van der Waals surface area contributed by atoms with Crippen LogP contribution in [0.1, 0.15) is 34.5 Å². The molecule has 0 saturated carbocycles. The Balaban J connectivity index is 1.31. The predicted molar refractivity (Wildman–Crippen MR) is 124 cm³/mol. The molecule has 1 amide bonds. The number of fused-ring (bicyclic) bond motifs is 1. The molecule has 0 atom stereocenters. The Morgan fingerprint density at radius 3 is 2.47 bits per heavy atom. The molecule has 1 fully saturated rings. The number of hydrogen-bond acceptors (Lipinski definition) is 5. The Bertz CT molecular complexity index is 1210. The number of aromatic nitrogens is 2. The number of pyridine rings is 1. The van der Waals surface area contributed by atoms with E-state index in [2.05, 4.69) is 44.6 Å². The lowest BCUT2D eigenvalue weighted by Gasteiger charge is -2.32. The normalized spacial score (nSPS) is 15.2. The van der Waals surface area contributed by atoms with Crippen molar-refractivity contribution in [3.8, 4) is 11.3 Å². The lowest BCUT2D eigenvalue weighted by atomic mass is 10.0. The van der Waals surface area contributed by atoms with E-state index in [1.165, 1.54) is 5.56 Å². The molecule has 6 nitrogen and oxygen atoms in total. The second-order valence-electron chi connectivity index (χ2n) is 8.38. The number of likely N-dealkylation sites (tertiary alicyclic amines) is 1. The lowest BCUT2D eigenvalue weighted by molar-refractivity contribution is 0.0910. The molecule has 0 unspecified atom stereocenters. The molecule has 0 bridgehead atoms. The fourth-order valence-corrected chi connectivity index (χ4v) is 4.37. The van der Waals surface area contributed by atoms with Crippen molar-refractivity contribution in [1.82, 2.24) is 20.4 Å². The number of carbonyl (C=O) groups is 1. The highest BCUT2D eigenvalue weighted by molar-refractivity contribution is 6.07. The van der Waals surface area contributed by atoms with Crippen molar-refractivity contribution in [2.75, 3.05) is 13.1 Å². The van der Waals surface area contributed by atoms with Gasteiger partial charge in [-0.15, -0.1) is 0 Å². The molecular formula is C26H26N4O2. The summed E-state index contributed by atoms with van der Waals surface area (Å²) in [6, 6.07) is 22.3. The first-order valence-electron chi connectivity index (χ1n) is 11.1. The smallest absolute Gasteiger partial charge is 0.259 e. The summed E-state index contributed by atoms with van der Waals surface area (Å²) in [6.07, 6.45) is 1.86. The Labute approximate surface area is 187 Å². The third-order valence-electron chi connectivity index (χ3n) is 6.10. The molecule has 0 radical (unpaired) electrons. The first kappa shape index (κ1) is 20.4. The van der Waals surface area contributed by atoms with Crippen molar-refractivity contribution in [1.29, 1.82) is 0 Å². The maximum Gasteiger partial charge on any atom is 0.259 e. The maximum atomic E-state index is 13.3. The van der Waals surface area contributed by atoms with E-state index in [1.54, 1.807) is 0 Å². The van der Waals surface area contributed by atoms with Gasteiger partial charge in [0.15, 0.2) is 0 Å². The molecule has 3 heterocycles. The van der Waals surface area contributed by atoms with Gasteiger partial charge < -0.3 is 9.84 Å². The SMILES string of the molecule is Cc1noc2nc(-c3ccccc3)cc(C(=O)NC3CCN(Cc4ccccc4)CC3)c12. The van der Waals surface area contributed by atoms with Gasteiger partial charge in [-0.3, -0.25) is 9.69 Å². The number of aryl methyl sites for hydroxylation is 1. The minimum absolute atomic E-state index is 0.0950. The summed E-state index contributed by atoms with van der Waals surface area (Å²) in [5.41, 5.74) is 4.61. The van der Waals surface area contributed by atoms with Crippen LogP contribution < -0.4 is 5.32 Å². The van der Waals surface area contributed by atoms with Gasteiger partial charge in [0, 0.05) is 31.2 Å². The fourth-order valence-electron chi connectivity index (χ4n) is 4.37. The highest BCUT2D eigenvalue weighted by atomic mass is 16.5. The van der Waals surface area contributed by atoms with Crippen LogP contribution in [0.15, 0.2) is 71.3 Å². The summed E-state index contributed by atoms with van der Waals surface area (Å²) in [4.78, 5) is 20.3. The molecule has 5 rings (SSSR count). The van der Waals surface area contributed by atoms with Gasteiger partial charge in [0.2, 0.25) is 0 Å². The number of benzene rings is 2. The van der Waals surface area contributed by atoms with E-state index in [9.17, 15) is 4.79 Å². The van der Waals surface area contributed by atoms with Gasteiger partial charge >= 0.3 is 0 Å². The Morgan fingerprint density at radius 1 is 1.06 bits per heavy atom. The summed E-state index contributed by atoms with van der Waals surface area (Å²) < 4.78 is 5.41. The van der Waals surface area contributed by atoms with Gasteiger partial charge in [0.05, 0.1) is 22.3 Å². The van der Waals surface area contributed by atoms with E-state index in [-0.39, 0.29) is 11.9 Å². The van der Waals surface area contributed by atoms with Crippen LogP contribution in [-0.4, -0.2) is 40.1 Å². The number of amides is 1. The van der Waals surface area contributed by atoms with Crippen molar-refractivity contribution in [2.45, 2.75) is 32.4 Å². The predicted octanol–water partition coefficient (Wildman–Crippen LogP) is 4.59. The number of carbonyl (C=O) groups excluding carboxylic acids is 1. The number of piperidine rings is 1. The number of rotatable bonds is 5. The zero-order chi connectivity index (χ0) is 21.9. The van der Waals surface area contributed by atoms with E-state index < -0.39 is 0 Å². The van der Waals surface area contributed by atoms with E-state index in [4.69, 9.17) is 4.52 Å². The average Bonchev–Trinajstić information content (AvgIpc) is 3.21. The summed E-state index contributed by atoms with van der Waals surface area (Å²) in [5, 5.41) is 7.97. The van der Waals surface area contributed by atoms with Crippen molar-refractivity contribution < 1.29 is 9.32 Å². The second kappa shape index (κ2) is 8.93. The molecule has 32 heavy (non-hydrogen) atoms. The largest absolute Gasteiger partial charge is 0.349 e. The molecule has 0 aliphatic carbocycles. The molecule has 2 aromatic carbocycles. The fraction of sp³-hybridized carbons (Fsp3) is 0.269. The maximum absolute atomic E-state index is 13.3.